The van der Waals surface area contributed by atoms with Crippen molar-refractivity contribution in [3.8, 4) is 5.75 Å². The van der Waals surface area contributed by atoms with Crippen LogP contribution in [0.25, 0.3) is 6.08 Å². The van der Waals surface area contributed by atoms with Gasteiger partial charge in [-0.25, -0.2) is 4.79 Å². The van der Waals surface area contributed by atoms with Gasteiger partial charge >= 0.3 is 5.97 Å². The first-order valence-corrected chi connectivity index (χ1v) is 9.06. The van der Waals surface area contributed by atoms with E-state index in [4.69, 9.17) is 21.4 Å². The summed E-state index contributed by atoms with van der Waals surface area (Å²) in [5, 5.41) is 8.85. The molecule has 1 aliphatic heterocycles. The largest absolute Gasteiger partial charge is 0.482 e. The van der Waals surface area contributed by atoms with Gasteiger partial charge < -0.3 is 9.84 Å². The Kier molecular flexibility index (Phi) is 5.83. The minimum Gasteiger partial charge on any atom is -0.482 e. The predicted molar refractivity (Wildman–Crippen MR) is 103 cm³/mol. The van der Waals surface area contributed by atoms with Crippen molar-refractivity contribution >= 4 is 46.6 Å². The number of nitrogens with zero attached hydrogens (tertiary/aromatic N) is 1. The molecule has 0 saturated carbocycles. The van der Waals surface area contributed by atoms with Crippen molar-refractivity contribution in [2.45, 2.75) is 6.54 Å². The van der Waals surface area contributed by atoms with Crippen LogP contribution in [-0.4, -0.2) is 33.7 Å². The van der Waals surface area contributed by atoms with E-state index in [9.17, 15) is 14.4 Å². The second-order valence-corrected chi connectivity index (χ2v) is 7.08. The molecule has 0 atom stereocenters. The van der Waals surface area contributed by atoms with Crippen LogP contribution in [0.4, 0.5) is 4.79 Å². The number of amides is 2. The Morgan fingerprint density at radius 1 is 1.19 bits per heavy atom. The van der Waals surface area contributed by atoms with E-state index >= 15 is 0 Å². The van der Waals surface area contributed by atoms with Gasteiger partial charge in [0.25, 0.3) is 11.1 Å². The molecule has 0 unspecified atom stereocenters. The summed E-state index contributed by atoms with van der Waals surface area (Å²) in [4.78, 5) is 36.8. The number of ether oxygens (including phenoxy) is 1. The molecule has 6 nitrogen and oxygen atoms in total. The molecule has 1 heterocycles. The first kappa shape index (κ1) is 19.0. The van der Waals surface area contributed by atoms with E-state index in [2.05, 4.69) is 0 Å². The number of hydrogen-bond donors (Lipinski definition) is 1. The van der Waals surface area contributed by atoms with Crippen LogP contribution in [0, 0.1) is 0 Å². The van der Waals surface area contributed by atoms with Crippen LogP contribution in [0.15, 0.2) is 53.4 Å². The van der Waals surface area contributed by atoms with Gasteiger partial charge in [-0.1, -0.05) is 35.9 Å². The van der Waals surface area contributed by atoms with Crippen molar-refractivity contribution in [1.29, 1.82) is 0 Å². The number of benzene rings is 2. The molecule has 1 fully saturated rings. The molecule has 0 spiro atoms. The average molecular weight is 404 g/mol. The Labute approximate surface area is 164 Å². The maximum Gasteiger partial charge on any atom is 0.341 e. The molecule has 1 N–H and O–H groups in total. The minimum absolute atomic E-state index is 0.143. The molecular weight excluding hydrogens is 390 g/mol. The standard InChI is InChI=1S/C19H14ClNO5S/c20-14-5-1-4-13(7-14)10-21-18(24)16(27-19(21)25)9-12-3-2-6-15(8-12)26-11-17(22)23/h1-9H,10-11H2,(H,22,23)/b16-9-. The Bertz CT molecular complexity index is 943. The molecule has 2 aromatic carbocycles. The van der Waals surface area contributed by atoms with Gasteiger partial charge in [0.05, 0.1) is 11.4 Å². The van der Waals surface area contributed by atoms with Gasteiger partial charge in [0, 0.05) is 5.02 Å². The fourth-order valence-electron chi connectivity index (χ4n) is 2.44. The number of aliphatic carboxylic acids is 1. The third-order valence-corrected chi connectivity index (χ3v) is 4.76. The summed E-state index contributed by atoms with van der Waals surface area (Å²) in [6.07, 6.45) is 1.58. The lowest BCUT2D eigenvalue weighted by atomic mass is 10.2. The number of carbonyl (C=O) groups is 3. The number of imide groups is 1. The highest BCUT2D eigenvalue weighted by molar-refractivity contribution is 8.18. The Hall–Kier alpha value is -2.77. The molecular formula is C19H14ClNO5S. The molecule has 1 aliphatic rings. The van der Waals surface area contributed by atoms with Crippen LogP contribution in [-0.2, 0) is 16.1 Å². The molecule has 27 heavy (non-hydrogen) atoms. The number of halogens is 1. The van der Waals surface area contributed by atoms with E-state index in [0.29, 0.717) is 16.3 Å². The van der Waals surface area contributed by atoms with E-state index in [0.717, 1.165) is 22.2 Å². The molecule has 138 valence electrons. The lowest BCUT2D eigenvalue weighted by molar-refractivity contribution is -0.139. The number of hydrogen-bond acceptors (Lipinski definition) is 5. The lowest BCUT2D eigenvalue weighted by Gasteiger charge is -2.12. The molecule has 2 amide bonds. The summed E-state index contributed by atoms with van der Waals surface area (Å²) >= 11 is 6.80. The lowest BCUT2D eigenvalue weighted by Crippen LogP contribution is -2.27. The van der Waals surface area contributed by atoms with Crippen molar-refractivity contribution in [3.63, 3.8) is 0 Å². The van der Waals surface area contributed by atoms with Crippen LogP contribution in [0.5, 0.6) is 5.75 Å². The van der Waals surface area contributed by atoms with Gasteiger partial charge in [-0.15, -0.1) is 0 Å². The third kappa shape index (κ3) is 4.90. The van der Waals surface area contributed by atoms with Gasteiger partial charge in [0.15, 0.2) is 6.61 Å². The average Bonchev–Trinajstić information content (AvgIpc) is 2.88. The molecule has 0 aliphatic carbocycles. The van der Waals surface area contributed by atoms with Crippen molar-refractivity contribution in [1.82, 2.24) is 4.90 Å². The van der Waals surface area contributed by atoms with Gasteiger partial charge in [0.1, 0.15) is 5.75 Å². The summed E-state index contributed by atoms with van der Waals surface area (Å²) in [5.41, 5.74) is 1.39. The monoisotopic (exact) mass is 403 g/mol. The second-order valence-electron chi connectivity index (χ2n) is 5.65. The maximum atomic E-state index is 12.6. The summed E-state index contributed by atoms with van der Waals surface area (Å²) in [6.45, 7) is -0.316. The third-order valence-electron chi connectivity index (χ3n) is 3.62. The van der Waals surface area contributed by atoms with Gasteiger partial charge in [-0.3, -0.25) is 14.5 Å². The van der Waals surface area contributed by atoms with Crippen LogP contribution in [0.3, 0.4) is 0 Å². The second kappa shape index (κ2) is 8.28. The molecule has 3 rings (SSSR count). The smallest absolute Gasteiger partial charge is 0.341 e. The van der Waals surface area contributed by atoms with Crippen molar-refractivity contribution in [2.75, 3.05) is 6.61 Å². The minimum atomic E-state index is -1.08. The molecule has 0 bridgehead atoms. The van der Waals surface area contributed by atoms with Crippen LogP contribution in [0.2, 0.25) is 5.02 Å². The Morgan fingerprint density at radius 2 is 1.96 bits per heavy atom. The first-order chi connectivity index (χ1) is 12.9. The van der Waals surface area contributed by atoms with Gasteiger partial charge in [0.2, 0.25) is 0 Å². The van der Waals surface area contributed by atoms with Crippen LogP contribution in [0.1, 0.15) is 11.1 Å². The van der Waals surface area contributed by atoms with E-state index < -0.39 is 12.6 Å². The first-order valence-electron chi connectivity index (χ1n) is 7.87. The zero-order valence-corrected chi connectivity index (χ0v) is 15.5. The zero-order chi connectivity index (χ0) is 19.4. The summed E-state index contributed by atoms with van der Waals surface area (Å²) < 4.78 is 5.12. The van der Waals surface area contributed by atoms with Crippen molar-refractivity contribution in [3.05, 3.63) is 69.6 Å². The number of carboxylic acid groups (broad SMARTS) is 1. The van der Waals surface area contributed by atoms with E-state index in [1.807, 2.05) is 0 Å². The Balaban J connectivity index is 1.76. The van der Waals surface area contributed by atoms with E-state index in [-0.39, 0.29) is 22.6 Å². The highest BCUT2D eigenvalue weighted by Gasteiger charge is 2.35. The molecule has 0 radical (unpaired) electrons. The predicted octanol–water partition coefficient (Wildman–Crippen LogP) is 4.04. The van der Waals surface area contributed by atoms with E-state index in [1.54, 1.807) is 54.6 Å². The molecule has 0 aromatic heterocycles. The van der Waals surface area contributed by atoms with Crippen LogP contribution >= 0.6 is 23.4 Å². The maximum absolute atomic E-state index is 12.6. The van der Waals surface area contributed by atoms with Gasteiger partial charge in [-0.05, 0) is 53.2 Å². The van der Waals surface area contributed by atoms with Crippen molar-refractivity contribution < 1.29 is 24.2 Å². The Morgan fingerprint density at radius 3 is 2.70 bits per heavy atom. The normalized spacial score (nSPS) is 15.4. The number of thioether (sulfide) groups is 1. The summed E-state index contributed by atoms with van der Waals surface area (Å²) in [5.74, 6) is -1.10. The van der Waals surface area contributed by atoms with Crippen LogP contribution < -0.4 is 4.74 Å². The fourth-order valence-corrected chi connectivity index (χ4v) is 3.50. The molecule has 1 saturated heterocycles. The molecule has 2 aromatic rings. The topological polar surface area (TPSA) is 83.9 Å². The summed E-state index contributed by atoms with van der Waals surface area (Å²) in [6, 6.07) is 13.6. The highest BCUT2D eigenvalue weighted by atomic mass is 35.5. The van der Waals surface area contributed by atoms with Crippen molar-refractivity contribution in [2.24, 2.45) is 0 Å². The fraction of sp³-hybridized carbons (Fsp3) is 0.105. The quantitative estimate of drug-likeness (QED) is 0.733. The van der Waals surface area contributed by atoms with E-state index in [1.165, 1.54) is 0 Å². The number of rotatable bonds is 6. The highest BCUT2D eigenvalue weighted by Crippen LogP contribution is 2.33. The molecule has 8 heteroatoms. The zero-order valence-electron chi connectivity index (χ0n) is 13.9. The SMILES string of the molecule is O=C(O)COc1cccc(/C=C2\SC(=O)N(Cc3cccc(Cl)c3)C2=O)c1. The summed E-state index contributed by atoms with van der Waals surface area (Å²) in [7, 11) is 0. The number of carboxylic acids is 1. The number of carbonyl (C=O) groups excluding carboxylic acids is 2. The van der Waals surface area contributed by atoms with Gasteiger partial charge in [-0.2, -0.15) is 0 Å².